The van der Waals surface area contributed by atoms with Gasteiger partial charge in [-0.25, -0.2) is 0 Å². The molecule has 2 aromatic carbocycles. The van der Waals surface area contributed by atoms with E-state index < -0.39 is 0 Å². The van der Waals surface area contributed by atoms with Crippen LogP contribution in [0.15, 0.2) is 48.5 Å². The van der Waals surface area contributed by atoms with Gasteiger partial charge in [-0.05, 0) is 35.9 Å². The zero-order valence-corrected chi connectivity index (χ0v) is 16.4. The molecule has 148 valence electrons. The highest BCUT2D eigenvalue weighted by atomic mass is 16.5. The standard InChI is InChI=1S/C21H24N2O5/c1-23(21(25)11-8-15-6-5-7-16(12-15)26-2)14-20(24)22-18-13-17(27-3)9-10-19(18)28-4/h5-13H,14H2,1-4H3,(H,22,24)/b11-8+. The van der Waals surface area contributed by atoms with Gasteiger partial charge in [0, 0.05) is 19.2 Å². The van der Waals surface area contributed by atoms with Crippen molar-refractivity contribution in [1.82, 2.24) is 4.90 Å². The first-order valence-corrected chi connectivity index (χ1v) is 8.56. The smallest absolute Gasteiger partial charge is 0.246 e. The Balaban J connectivity index is 1.98. The van der Waals surface area contributed by atoms with Gasteiger partial charge in [-0.3, -0.25) is 9.59 Å². The van der Waals surface area contributed by atoms with E-state index in [0.717, 1.165) is 5.56 Å². The molecule has 0 unspecified atom stereocenters. The second kappa shape index (κ2) is 10.0. The zero-order chi connectivity index (χ0) is 20.5. The first-order valence-electron chi connectivity index (χ1n) is 8.56. The molecule has 2 rings (SSSR count). The van der Waals surface area contributed by atoms with E-state index in [2.05, 4.69) is 5.32 Å². The maximum Gasteiger partial charge on any atom is 0.246 e. The quantitative estimate of drug-likeness (QED) is 0.708. The predicted molar refractivity (Wildman–Crippen MR) is 108 cm³/mol. The number of anilines is 1. The number of nitrogens with zero attached hydrogens (tertiary/aromatic N) is 1. The Morgan fingerprint density at radius 1 is 1.00 bits per heavy atom. The van der Waals surface area contributed by atoms with Gasteiger partial charge in [-0.2, -0.15) is 0 Å². The molecule has 28 heavy (non-hydrogen) atoms. The second-order valence-corrected chi connectivity index (χ2v) is 5.92. The third-order valence-corrected chi connectivity index (χ3v) is 3.95. The van der Waals surface area contributed by atoms with Crippen molar-refractivity contribution < 1.29 is 23.8 Å². The molecule has 2 amide bonds. The minimum Gasteiger partial charge on any atom is -0.497 e. The van der Waals surface area contributed by atoms with Gasteiger partial charge in [0.15, 0.2) is 0 Å². The molecule has 0 fully saturated rings. The third-order valence-electron chi connectivity index (χ3n) is 3.95. The lowest BCUT2D eigenvalue weighted by Crippen LogP contribution is -2.33. The minimum absolute atomic E-state index is 0.109. The highest BCUT2D eigenvalue weighted by Crippen LogP contribution is 2.28. The van der Waals surface area contributed by atoms with Crippen molar-refractivity contribution in [3.05, 3.63) is 54.1 Å². The topological polar surface area (TPSA) is 77.1 Å². The summed E-state index contributed by atoms with van der Waals surface area (Å²) in [6, 6.07) is 12.4. The van der Waals surface area contributed by atoms with E-state index in [1.807, 2.05) is 24.3 Å². The summed E-state index contributed by atoms with van der Waals surface area (Å²) in [5, 5.41) is 2.73. The van der Waals surface area contributed by atoms with Crippen LogP contribution in [0.3, 0.4) is 0 Å². The molecular formula is C21H24N2O5. The fourth-order valence-electron chi connectivity index (χ4n) is 2.43. The molecule has 0 spiro atoms. The van der Waals surface area contributed by atoms with Gasteiger partial charge >= 0.3 is 0 Å². The molecule has 0 saturated heterocycles. The van der Waals surface area contributed by atoms with Crippen LogP contribution in [-0.4, -0.2) is 51.6 Å². The number of carbonyl (C=O) groups excluding carboxylic acids is 2. The molecule has 0 aromatic heterocycles. The van der Waals surface area contributed by atoms with Crippen LogP contribution in [0.5, 0.6) is 17.2 Å². The number of benzene rings is 2. The highest BCUT2D eigenvalue weighted by molar-refractivity contribution is 5.98. The van der Waals surface area contributed by atoms with Crippen LogP contribution in [-0.2, 0) is 9.59 Å². The molecule has 0 atom stereocenters. The first kappa shape index (κ1) is 20.8. The lowest BCUT2D eigenvalue weighted by atomic mass is 10.2. The Morgan fingerprint density at radius 2 is 1.71 bits per heavy atom. The molecule has 1 N–H and O–H groups in total. The lowest BCUT2D eigenvalue weighted by Gasteiger charge is -2.16. The highest BCUT2D eigenvalue weighted by Gasteiger charge is 2.13. The number of hydrogen-bond acceptors (Lipinski definition) is 5. The van der Waals surface area contributed by atoms with Crippen molar-refractivity contribution in [3.8, 4) is 17.2 Å². The van der Waals surface area contributed by atoms with E-state index in [4.69, 9.17) is 14.2 Å². The fourth-order valence-corrected chi connectivity index (χ4v) is 2.43. The van der Waals surface area contributed by atoms with Crippen LogP contribution in [0, 0.1) is 0 Å². The number of likely N-dealkylation sites (N-methyl/N-ethyl adjacent to an activating group) is 1. The summed E-state index contributed by atoms with van der Waals surface area (Å²) in [4.78, 5) is 25.9. The molecule has 0 aliphatic carbocycles. The van der Waals surface area contributed by atoms with Crippen molar-refractivity contribution in [2.24, 2.45) is 0 Å². The maximum absolute atomic E-state index is 12.3. The van der Waals surface area contributed by atoms with E-state index in [1.165, 1.54) is 25.2 Å². The fraction of sp³-hybridized carbons (Fsp3) is 0.238. The summed E-state index contributed by atoms with van der Waals surface area (Å²) in [6.45, 7) is -0.109. The third kappa shape index (κ3) is 5.77. The van der Waals surface area contributed by atoms with Gasteiger partial charge in [-0.1, -0.05) is 12.1 Å². The van der Waals surface area contributed by atoms with Gasteiger partial charge in [0.2, 0.25) is 11.8 Å². The molecule has 0 aliphatic heterocycles. The van der Waals surface area contributed by atoms with Crippen LogP contribution < -0.4 is 19.5 Å². The average Bonchev–Trinajstić information content (AvgIpc) is 2.71. The van der Waals surface area contributed by atoms with Crippen LogP contribution in [0.4, 0.5) is 5.69 Å². The molecule has 0 radical (unpaired) electrons. The van der Waals surface area contributed by atoms with Crippen LogP contribution in [0.1, 0.15) is 5.56 Å². The Morgan fingerprint density at radius 3 is 2.39 bits per heavy atom. The Kier molecular flexibility index (Phi) is 7.45. The predicted octanol–water partition coefficient (Wildman–Crippen LogP) is 2.82. The normalized spacial score (nSPS) is 10.4. The van der Waals surface area contributed by atoms with Gasteiger partial charge in [0.05, 0.1) is 33.6 Å². The number of ether oxygens (including phenoxy) is 3. The average molecular weight is 384 g/mol. The van der Waals surface area contributed by atoms with Gasteiger partial charge in [0.25, 0.3) is 0 Å². The number of rotatable bonds is 8. The Labute approximate surface area is 164 Å². The molecule has 7 nitrogen and oxygen atoms in total. The van der Waals surface area contributed by atoms with Gasteiger partial charge in [-0.15, -0.1) is 0 Å². The van der Waals surface area contributed by atoms with E-state index in [0.29, 0.717) is 22.9 Å². The maximum atomic E-state index is 12.3. The van der Waals surface area contributed by atoms with Crippen LogP contribution in [0.2, 0.25) is 0 Å². The summed E-state index contributed by atoms with van der Waals surface area (Å²) in [5.74, 6) is 1.14. The van der Waals surface area contributed by atoms with Crippen molar-refractivity contribution in [2.75, 3.05) is 40.2 Å². The minimum atomic E-state index is -0.350. The Bertz CT molecular complexity index is 864. The van der Waals surface area contributed by atoms with Crippen molar-refractivity contribution >= 4 is 23.6 Å². The number of hydrogen-bond donors (Lipinski definition) is 1. The van der Waals surface area contributed by atoms with Crippen molar-refractivity contribution in [2.45, 2.75) is 0 Å². The SMILES string of the molecule is COc1cccc(/C=C/C(=O)N(C)CC(=O)Nc2cc(OC)ccc2OC)c1. The lowest BCUT2D eigenvalue weighted by molar-refractivity contribution is -0.129. The summed E-state index contributed by atoms with van der Waals surface area (Å²) < 4.78 is 15.5. The molecule has 0 saturated carbocycles. The van der Waals surface area contributed by atoms with Gasteiger partial charge in [0.1, 0.15) is 17.2 Å². The second-order valence-electron chi connectivity index (χ2n) is 5.92. The van der Waals surface area contributed by atoms with Gasteiger partial charge < -0.3 is 24.4 Å². The van der Waals surface area contributed by atoms with Crippen molar-refractivity contribution in [1.29, 1.82) is 0 Å². The van der Waals surface area contributed by atoms with Crippen LogP contribution >= 0.6 is 0 Å². The molecule has 0 aliphatic rings. The first-order chi connectivity index (χ1) is 13.5. The number of amides is 2. The summed E-state index contributed by atoms with van der Waals surface area (Å²) in [6.07, 6.45) is 3.08. The monoisotopic (exact) mass is 384 g/mol. The molecule has 0 heterocycles. The summed E-state index contributed by atoms with van der Waals surface area (Å²) in [5.41, 5.74) is 1.30. The van der Waals surface area contributed by atoms with E-state index in [1.54, 1.807) is 38.4 Å². The van der Waals surface area contributed by atoms with E-state index in [-0.39, 0.29) is 18.4 Å². The number of methoxy groups -OCH3 is 3. The van der Waals surface area contributed by atoms with E-state index in [9.17, 15) is 9.59 Å². The molecule has 0 bridgehead atoms. The largest absolute Gasteiger partial charge is 0.497 e. The molecule has 2 aromatic rings. The molecule has 7 heteroatoms. The molecular weight excluding hydrogens is 360 g/mol. The van der Waals surface area contributed by atoms with E-state index >= 15 is 0 Å². The van der Waals surface area contributed by atoms with Crippen LogP contribution in [0.25, 0.3) is 6.08 Å². The summed E-state index contributed by atoms with van der Waals surface area (Å²) in [7, 11) is 6.18. The van der Waals surface area contributed by atoms with Crippen molar-refractivity contribution in [3.63, 3.8) is 0 Å². The Hall–Kier alpha value is -3.48. The number of carbonyl (C=O) groups is 2. The summed E-state index contributed by atoms with van der Waals surface area (Å²) >= 11 is 0. The zero-order valence-electron chi connectivity index (χ0n) is 16.4. The number of nitrogens with one attached hydrogen (secondary N) is 1.